The predicted octanol–water partition coefficient (Wildman–Crippen LogP) is 3.06. The first-order valence-electron chi connectivity index (χ1n) is 7.35. The van der Waals surface area contributed by atoms with Gasteiger partial charge < -0.3 is 9.84 Å². The summed E-state index contributed by atoms with van der Waals surface area (Å²) in [6.07, 6.45) is 4.67. The maximum atomic E-state index is 12.0. The molecule has 6 heteroatoms. The van der Waals surface area contributed by atoms with Crippen LogP contribution in [0.2, 0.25) is 0 Å². The van der Waals surface area contributed by atoms with Gasteiger partial charge in [0.2, 0.25) is 0 Å². The molecule has 1 N–H and O–H groups in total. The molecule has 21 heavy (non-hydrogen) atoms. The minimum absolute atomic E-state index is 0.209. The Kier molecular flexibility index (Phi) is 4.05. The van der Waals surface area contributed by atoms with Gasteiger partial charge in [0.1, 0.15) is 10.8 Å². The summed E-state index contributed by atoms with van der Waals surface area (Å²) in [5.74, 6) is 0.744. The number of amides is 1. The van der Waals surface area contributed by atoms with Crippen LogP contribution in [0.4, 0.5) is 0 Å². The molecule has 1 amide bonds. The fraction of sp³-hybridized carbons (Fsp3) is 0.533. The first kappa shape index (κ1) is 14.3. The summed E-state index contributed by atoms with van der Waals surface area (Å²) in [6, 6.07) is 1.70. The molecule has 0 unspecified atom stereocenters. The molecule has 0 aliphatic heterocycles. The number of carbonyl (C=O) groups excluding carboxylic acids is 1. The van der Waals surface area contributed by atoms with Gasteiger partial charge in [-0.3, -0.25) is 4.79 Å². The van der Waals surface area contributed by atoms with Gasteiger partial charge in [-0.05, 0) is 25.7 Å². The Labute approximate surface area is 127 Å². The van der Waals surface area contributed by atoms with Crippen LogP contribution in [0.1, 0.15) is 64.4 Å². The third-order valence-corrected chi connectivity index (χ3v) is 4.78. The van der Waals surface area contributed by atoms with E-state index in [-0.39, 0.29) is 11.8 Å². The summed E-state index contributed by atoms with van der Waals surface area (Å²) in [5, 5.41) is 7.65. The zero-order chi connectivity index (χ0) is 14.8. The van der Waals surface area contributed by atoms with E-state index in [1.165, 1.54) is 23.4 Å². The molecule has 3 rings (SSSR count). The number of fused-ring (bicyclic) bond motifs is 1. The molecule has 0 saturated heterocycles. The van der Waals surface area contributed by atoms with Crippen molar-refractivity contribution in [1.82, 2.24) is 15.5 Å². The standard InChI is InChI=1S/C15H19N3O2S/c1-9(2)12-7-11(18-20-12)15(19)16-8-14-17-10-5-3-4-6-13(10)21-14/h7,9H,3-6,8H2,1-2H3,(H,16,19). The minimum Gasteiger partial charge on any atom is -0.360 e. The quantitative estimate of drug-likeness (QED) is 0.942. The van der Waals surface area contributed by atoms with E-state index >= 15 is 0 Å². The Morgan fingerprint density at radius 1 is 1.43 bits per heavy atom. The van der Waals surface area contributed by atoms with Gasteiger partial charge >= 0.3 is 0 Å². The number of thiazole rings is 1. The van der Waals surface area contributed by atoms with Crippen LogP contribution in [-0.4, -0.2) is 16.0 Å². The summed E-state index contributed by atoms with van der Waals surface area (Å²) in [7, 11) is 0. The van der Waals surface area contributed by atoms with E-state index in [0.29, 0.717) is 12.2 Å². The summed E-state index contributed by atoms with van der Waals surface area (Å²) in [6.45, 7) is 4.46. The summed E-state index contributed by atoms with van der Waals surface area (Å²) in [4.78, 5) is 18.0. The highest BCUT2D eigenvalue weighted by molar-refractivity contribution is 7.11. The van der Waals surface area contributed by atoms with Crippen LogP contribution in [-0.2, 0) is 19.4 Å². The third kappa shape index (κ3) is 3.15. The Morgan fingerprint density at radius 2 is 2.24 bits per heavy atom. The van der Waals surface area contributed by atoms with Crippen LogP contribution >= 0.6 is 11.3 Å². The van der Waals surface area contributed by atoms with Crippen molar-refractivity contribution >= 4 is 17.2 Å². The fourth-order valence-electron chi connectivity index (χ4n) is 2.40. The zero-order valence-corrected chi connectivity index (χ0v) is 13.1. The van der Waals surface area contributed by atoms with E-state index in [4.69, 9.17) is 4.52 Å². The molecular formula is C15H19N3O2S. The topological polar surface area (TPSA) is 68.0 Å². The van der Waals surface area contributed by atoms with Gasteiger partial charge in [0.15, 0.2) is 5.69 Å². The molecule has 0 radical (unpaired) electrons. The van der Waals surface area contributed by atoms with E-state index in [0.717, 1.165) is 23.6 Å². The van der Waals surface area contributed by atoms with Crippen LogP contribution < -0.4 is 5.32 Å². The number of nitrogens with zero attached hydrogens (tertiary/aromatic N) is 2. The minimum atomic E-state index is -0.209. The highest BCUT2D eigenvalue weighted by Gasteiger charge is 2.17. The van der Waals surface area contributed by atoms with Gasteiger partial charge in [0, 0.05) is 16.9 Å². The molecule has 0 spiro atoms. The van der Waals surface area contributed by atoms with Crippen LogP contribution in [0.5, 0.6) is 0 Å². The second kappa shape index (κ2) is 5.97. The SMILES string of the molecule is CC(C)c1cc(C(=O)NCc2nc3c(s2)CCCC3)no1. The highest BCUT2D eigenvalue weighted by atomic mass is 32.1. The van der Waals surface area contributed by atoms with E-state index in [1.807, 2.05) is 13.8 Å². The van der Waals surface area contributed by atoms with Gasteiger partial charge in [-0.25, -0.2) is 4.98 Å². The molecule has 2 aromatic rings. The maximum absolute atomic E-state index is 12.0. The number of aromatic nitrogens is 2. The second-order valence-electron chi connectivity index (χ2n) is 5.64. The lowest BCUT2D eigenvalue weighted by Gasteiger charge is -2.06. The van der Waals surface area contributed by atoms with Gasteiger partial charge in [-0.15, -0.1) is 11.3 Å². The molecule has 112 valence electrons. The highest BCUT2D eigenvalue weighted by Crippen LogP contribution is 2.26. The van der Waals surface area contributed by atoms with Crippen molar-refractivity contribution in [3.05, 3.63) is 33.1 Å². The van der Waals surface area contributed by atoms with Gasteiger partial charge in [-0.1, -0.05) is 19.0 Å². The Bertz CT molecular complexity index is 622. The molecule has 1 aliphatic carbocycles. The van der Waals surface area contributed by atoms with Gasteiger partial charge in [0.25, 0.3) is 5.91 Å². The lowest BCUT2D eigenvalue weighted by Crippen LogP contribution is -2.23. The average Bonchev–Trinajstić information content (AvgIpc) is 3.11. The summed E-state index contributed by atoms with van der Waals surface area (Å²) in [5.41, 5.74) is 1.55. The number of aryl methyl sites for hydroxylation is 2. The molecule has 0 aromatic carbocycles. The van der Waals surface area contributed by atoms with Crippen LogP contribution in [0.15, 0.2) is 10.6 Å². The van der Waals surface area contributed by atoms with Crippen molar-refractivity contribution in [2.45, 2.75) is 52.0 Å². The van der Waals surface area contributed by atoms with Gasteiger partial charge in [0.05, 0.1) is 12.2 Å². The van der Waals surface area contributed by atoms with E-state index in [9.17, 15) is 4.79 Å². The largest absolute Gasteiger partial charge is 0.360 e. The number of hydrogen-bond acceptors (Lipinski definition) is 5. The first-order chi connectivity index (χ1) is 10.1. The zero-order valence-electron chi connectivity index (χ0n) is 12.3. The van der Waals surface area contributed by atoms with Crippen molar-refractivity contribution in [3.63, 3.8) is 0 Å². The number of carbonyl (C=O) groups is 1. The Morgan fingerprint density at radius 3 is 2.95 bits per heavy atom. The van der Waals surface area contributed by atoms with E-state index in [2.05, 4.69) is 15.5 Å². The molecule has 0 fully saturated rings. The van der Waals surface area contributed by atoms with Crippen LogP contribution in [0.25, 0.3) is 0 Å². The monoisotopic (exact) mass is 305 g/mol. The molecule has 0 bridgehead atoms. The van der Waals surface area contributed by atoms with E-state index < -0.39 is 0 Å². The van der Waals surface area contributed by atoms with Gasteiger partial charge in [-0.2, -0.15) is 0 Å². The predicted molar refractivity (Wildman–Crippen MR) is 80.5 cm³/mol. The molecule has 0 saturated carbocycles. The van der Waals surface area contributed by atoms with E-state index in [1.54, 1.807) is 17.4 Å². The molecule has 2 heterocycles. The molecular weight excluding hydrogens is 286 g/mol. The first-order valence-corrected chi connectivity index (χ1v) is 8.17. The van der Waals surface area contributed by atoms with Crippen molar-refractivity contribution in [2.24, 2.45) is 0 Å². The number of rotatable bonds is 4. The maximum Gasteiger partial charge on any atom is 0.273 e. The molecule has 1 aliphatic rings. The lowest BCUT2D eigenvalue weighted by atomic mass is 10.0. The summed E-state index contributed by atoms with van der Waals surface area (Å²) < 4.78 is 5.14. The van der Waals surface area contributed by atoms with Crippen molar-refractivity contribution in [3.8, 4) is 0 Å². The fourth-order valence-corrected chi connectivity index (χ4v) is 3.49. The Balaban J connectivity index is 1.61. The lowest BCUT2D eigenvalue weighted by molar-refractivity contribution is 0.0941. The summed E-state index contributed by atoms with van der Waals surface area (Å²) >= 11 is 1.71. The third-order valence-electron chi connectivity index (χ3n) is 3.62. The molecule has 5 nitrogen and oxygen atoms in total. The number of nitrogens with one attached hydrogen (secondary N) is 1. The molecule has 2 aromatic heterocycles. The van der Waals surface area contributed by atoms with Crippen molar-refractivity contribution in [1.29, 1.82) is 0 Å². The average molecular weight is 305 g/mol. The van der Waals surface area contributed by atoms with Crippen LogP contribution in [0, 0.1) is 0 Å². The van der Waals surface area contributed by atoms with Crippen molar-refractivity contribution in [2.75, 3.05) is 0 Å². The normalized spacial score (nSPS) is 14.2. The Hall–Kier alpha value is -1.69. The molecule has 0 atom stereocenters. The van der Waals surface area contributed by atoms with Crippen LogP contribution in [0.3, 0.4) is 0 Å². The second-order valence-corrected chi connectivity index (χ2v) is 6.80. The smallest absolute Gasteiger partial charge is 0.273 e. The number of hydrogen-bond donors (Lipinski definition) is 1. The van der Waals surface area contributed by atoms with Crippen molar-refractivity contribution < 1.29 is 9.32 Å².